The Morgan fingerprint density at radius 3 is 2.67 bits per heavy atom. The van der Waals surface area contributed by atoms with E-state index >= 15 is 0 Å². The van der Waals surface area contributed by atoms with Crippen LogP contribution in [0.15, 0.2) is 27.8 Å². The van der Waals surface area contributed by atoms with Crippen LogP contribution >= 0.6 is 27.5 Å². The fraction of sp³-hybridized carbons (Fsp3) is 0.545. The van der Waals surface area contributed by atoms with Gasteiger partial charge in [0.1, 0.15) is 4.90 Å². The molecule has 0 spiro atoms. The molecule has 4 nitrogen and oxygen atoms in total. The molecule has 0 saturated carbocycles. The molecule has 0 N–H and O–H groups in total. The Balaban J connectivity index is 2.68. The summed E-state index contributed by atoms with van der Waals surface area (Å²) in [5.41, 5.74) is 0. The quantitative estimate of drug-likeness (QED) is 0.558. The fourth-order valence-electron chi connectivity index (χ4n) is 1.44. The number of pyridine rings is 1. The van der Waals surface area contributed by atoms with E-state index in [0.717, 1.165) is 19.3 Å². The van der Waals surface area contributed by atoms with Crippen LogP contribution in [0.2, 0.25) is 0 Å². The molecule has 0 aromatic carbocycles. The lowest BCUT2D eigenvalue weighted by atomic mass is 10.2. The predicted octanol–water partition coefficient (Wildman–Crippen LogP) is 2.87. The van der Waals surface area contributed by atoms with Gasteiger partial charge in [-0.05, 0) is 34.8 Å². The zero-order valence-electron chi connectivity index (χ0n) is 10.1. The van der Waals surface area contributed by atoms with Gasteiger partial charge >= 0.3 is 0 Å². The molecule has 18 heavy (non-hydrogen) atoms. The number of nitrogens with zero attached hydrogens (tertiary/aromatic N) is 2. The summed E-state index contributed by atoms with van der Waals surface area (Å²) in [4.78, 5) is 4.08. The van der Waals surface area contributed by atoms with Crippen LogP contribution in [0, 0.1) is 0 Å². The molecule has 0 amide bonds. The highest BCUT2D eigenvalue weighted by Crippen LogP contribution is 2.18. The highest BCUT2D eigenvalue weighted by molar-refractivity contribution is 9.10. The lowest BCUT2D eigenvalue weighted by Crippen LogP contribution is -2.28. The predicted molar refractivity (Wildman–Crippen MR) is 76.3 cm³/mol. The highest BCUT2D eigenvalue weighted by atomic mass is 79.9. The van der Waals surface area contributed by atoms with Crippen LogP contribution in [-0.4, -0.2) is 37.2 Å². The van der Waals surface area contributed by atoms with Gasteiger partial charge in [0, 0.05) is 36.3 Å². The van der Waals surface area contributed by atoms with E-state index in [1.165, 1.54) is 10.5 Å². The first-order valence-corrected chi connectivity index (χ1v) is 8.38. The summed E-state index contributed by atoms with van der Waals surface area (Å²) >= 11 is 8.79. The summed E-state index contributed by atoms with van der Waals surface area (Å²) in [5.74, 6) is 0.617. The molecule has 0 aliphatic rings. The Labute approximate surface area is 122 Å². The number of hydrogen-bond donors (Lipinski definition) is 0. The highest BCUT2D eigenvalue weighted by Gasteiger charge is 2.20. The van der Waals surface area contributed by atoms with Crippen LogP contribution in [0.4, 0.5) is 0 Å². The minimum Gasteiger partial charge on any atom is -0.262 e. The van der Waals surface area contributed by atoms with Gasteiger partial charge in [-0.1, -0.05) is 6.42 Å². The Bertz CT molecular complexity index is 482. The molecule has 1 rings (SSSR count). The van der Waals surface area contributed by atoms with Crippen LogP contribution in [0.1, 0.15) is 19.3 Å². The molecule has 0 saturated heterocycles. The van der Waals surface area contributed by atoms with Crippen molar-refractivity contribution in [3.63, 3.8) is 0 Å². The van der Waals surface area contributed by atoms with Crippen molar-refractivity contribution in [2.24, 2.45) is 0 Å². The van der Waals surface area contributed by atoms with Crippen LogP contribution in [0.5, 0.6) is 0 Å². The third-order valence-corrected chi connectivity index (χ3v) is 5.02. The van der Waals surface area contributed by atoms with Crippen LogP contribution < -0.4 is 0 Å². The molecule has 0 radical (unpaired) electrons. The molecule has 0 atom stereocenters. The zero-order valence-corrected chi connectivity index (χ0v) is 13.3. The topological polar surface area (TPSA) is 50.3 Å². The third kappa shape index (κ3) is 4.50. The fourth-order valence-corrected chi connectivity index (χ4v) is 3.34. The summed E-state index contributed by atoms with van der Waals surface area (Å²) < 4.78 is 26.4. The lowest BCUT2D eigenvalue weighted by Gasteiger charge is -2.16. The van der Waals surface area contributed by atoms with Crippen molar-refractivity contribution in [2.75, 3.05) is 19.5 Å². The summed E-state index contributed by atoms with van der Waals surface area (Å²) in [6.45, 7) is 0.492. The van der Waals surface area contributed by atoms with Gasteiger partial charge in [0.2, 0.25) is 10.0 Å². The van der Waals surface area contributed by atoms with Crippen molar-refractivity contribution in [1.82, 2.24) is 9.29 Å². The first-order valence-electron chi connectivity index (χ1n) is 5.61. The molecular weight excluding hydrogens is 340 g/mol. The first-order chi connectivity index (χ1) is 8.48. The monoisotopic (exact) mass is 354 g/mol. The molecule has 0 unspecified atom stereocenters. The van der Waals surface area contributed by atoms with Crippen LogP contribution in [-0.2, 0) is 10.0 Å². The van der Waals surface area contributed by atoms with Gasteiger partial charge < -0.3 is 0 Å². The van der Waals surface area contributed by atoms with Gasteiger partial charge in [0.25, 0.3) is 0 Å². The molecule has 1 heterocycles. The van der Waals surface area contributed by atoms with Gasteiger partial charge in [-0.25, -0.2) is 12.7 Å². The maximum Gasteiger partial charge on any atom is 0.244 e. The van der Waals surface area contributed by atoms with E-state index in [1.807, 2.05) is 0 Å². The molecule has 0 aliphatic carbocycles. The second-order valence-electron chi connectivity index (χ2n) is 3.92. The van der Waals surface area contributed by atoms with E-state index in [4.69, 9.17) is 11.6 Å². The van der Waals surface area contributed by atoms with Gasteiger partial charge in [0.05, 0.1) is 0 Å². The number of sulfonamides is 1. The maximum absolute atomic E-state index is 12.2. The van der Waals surface area contributed by atoms with Crippen molar-refractivity contribution in [2.45, 2.75) is 24.2 Å². The lowest BCUT2D eigenvalue weighted by molar-refractivity contribution is 0.454. The number of halogens is 2. The average Bonchev–Trinajstić information content (AvgIpc) is 2.34. The normalized spacial score (nSPS) is 12.0. The Morgan fingerprint density at radius 2 is 2.06 bits per heavy atom. The second kappa shape index (κ2) is 7.43. The van der Waals surface area contributed by atoms with Crippen LogP contribution in [0.3, 0.4) is 0 Å². The Kier molecular flexibility index (Phi) is 6.55. The van der Waals surface area contributed by atoms with E-state index in [-0.39, 0.29) is 4.90 Å². The van der Waals surface area contributed by atoms with E-state index in [0.29, 0.717) is 16.9 Å². The van der Waals surface area contributed by atoms with E-state index in [9.17, 15) is 8.42 Å². The molecule has 1 aromatic heterocycles. The smallest absolute Gasteiger partial charge is 0.244 e. The van der Waals surface area contributed by atoms with Crippen molar-refractivity contribution in [3.05, 3.63) is 22.9 Å². The van der Waals surface area contributed by atoms with Gasteiger partial charge in [0.15, 0.2) is 0 Å². The largest absolute Gasteiger partial charge is 0.262 e. The minimum absolute atomic E-state index is 0.205. The third-order valence-electron chi connectivity index (χ3n) is 2.49. The minimum atomic E-state index is -3.44. The first kappa shape index (κ1) is 15.9. The summed E-state index contributed by atoms with van der Waals surface area (Å²) in [7, 11) is -1.86. The van der Waals surface area contributed by atoms with E-state index < -0.39 is 10.0 Å². The molecular formula is C11H16BrClN2O2S. The SMILES string of the molecule is CN(CCCCCCl)S(=O)(=O)c1cncc(Br)c1. The van der Waals surface area contributed by atoms with Gasteiger partial charge in [-0.2, -0.15) is 0 Å². The van der Waals surface area contributed by atoms with E-state index in [2.05, 4.69) is 20.9 Å². The van der Waals surface area contributed by atoms with Gasteiger partial charge in [-0.3, -0.25) is 4.98 Å². The Hall–Kier alpha value is -0.170. The molecule has 7 heteroatoms. The number of rotatable bonds is 7. The van der Waals surface area contributed by atoms with Gasteiger partial charge in [-0.15, -0.1) is 11.6 Å². The molecule has 0 bridgehead atoms. The number of alkyl halides is 1. The van der Waals surface area contributed by atoms with Crippen molar-refractivity contribution < 1.29 is 8.42 Å². The van der Waals surface area contributed by atoms with Crippen molar-refractivity contribution in [1.29, 1.82) is 0 Å². The Morgan fingerprint density at radius 1 is 1.33 bits per heavy atom. The van der Waals surface area contributed by atoms with Crippen molar-refractivity contribution >= 4 is 37.6 Å². The second-order valence-corrected chi connectivity index (χ2v) is 7.25. The molecule has 0 fully saturated rings. The average molecular weight is 356 g/mol. The summed E-state index contributed by atoms with van der Waals surface area (Å²) in [5, 5.41) is 0. The zero-order chi connectivity index (χ0) is 13.6. The molecule has 0 aliphatic heterocycles. The molecule has 102 valence electrons. The number of unbranched alkanes of at least 4 members (excludes halogenated alkanes) is 2. The standard InChI is InChI=1S/C11H16BrClN2O2S/c1-15(6-4-2-3-5-13)18(16,17)11-7-10(12)8-14-9-11/h7-9H,2-6H2,1H3. The van der Waals surface area contributed by atoms with Crippen LogP contribution in [0.25, 0.3) is 0 Å². The van der Waals surface area contributed by atoms with Crippen molar-refractivity contribution in [3.8, 4) is 0 Å². The number of aromatic nitrogens is 1. The maximum atomic E-state index is 12.2. The molecule has 1 aromatic rings. The summed E-state index contributed by atoms with van der Waals surface area (Å²) in [6.07, 6.45) is 5.56. The summed E-state index contributed by atoms with van der Waals surface area (Å²) in [6, 6.07) is 1.55. The van der Waals surface area contributed by atoms with E-state index in [1.54, 1.807) is 19.3 Å². The number of hydrogen-bond acceptors (Lipinski definition) is 3.